The molecule has 1 N–H and O–H groups in total. The highest BCUT2D eigenvalue weighted by Crippen LogP contribution is 2.11. The van der Waals surface area contributed by atoms with Crippen LogP contribution in [0, 0.1) is 0 Å². The van der Waals surface area contributed by atoms with Crippen molar-refractivity contribution >= 4 is 11.6 Å². The van der Waals surface area contributed by atoms with E-state index in [0.717, 1.165) is 5.65 Å². The van der Waals surface area contributed by atoms with Crippen molar-refractivity contribution in [2.45, 2.75) is 26.4 Å². The first-order chi connectivity index (χ1) is 8.90. The van der Waals surface area contributed by atoms with E-state index < -0.39 is 5.60 Å². The van der Waals surface area contributed by atoms with Crippen LogP contribution in [0.25, 0.3) is 5.65 Å². The number of rotatable bonds is 4. The molecule has 0 saturated heterocycles. The highest BCUT2D eigenvalue weighted by Gasteiger charge is 2.23. The fourth-order valence-corrected chi connectivity index (χ4v) is 1.99. The van der Waals surface area contributed by atoms with Gasteiger partial charge < -0.3 is 14.4 Å². The van der Waals surface area contributed by atoms with E-state index in [1.807, 2.05) is 35.7 Å². The first-order valence-corrected chi connectivity index (χ1v) is 6.36. The van der Waals surface area contributed by atoms with Gasteiger partial charge in [-0.3, -0.25) is 4.79 Å². The van der Waals surface area contributed by atoms with Gasteiger partial charge in [-0.15, -0.1) is 0 Å². The van der Waals surface area contributed by atoms with Gasteiger partial charge in [0.15, 0.2) is 0 Å². The molecule has 0 fully saturated rings. The van der Waals surface area contributed by atoms with Gasteiger partial charge in [-0.25, -0.2) is 4.98 Å². The van der Waals surface area contributed by atoms with E-state index >= 15 is 0 Å². The van der Waals surface area contributed by atoms with Gasteiger partial charge in [0.2, 0.25) is 0 Å². The molecule has 0 aromatic carbocycles. The average Bonchev–Trinajstić information content (AvgIpc) is 2.77. The third-order valence-electron chi connectivity index (χ3n) is 2.83. The van der Waals surface area contributed by atoms with E-state index in [1.165, 1.54) is 0 Å². The maximum Gasteiger partial charge on any atom is 0.274 e. The number of aromatic nitrogens is 2. The lowest BCUT2D eigenvalue weighted by atomic mass is 10.1. The Kier molecular flexibility index (Phi) is 3.57. The molecule has 0 saturated carbocycles. The van der Waals surface area contributed by atoms with Crippen LogP contribution >= 0.6 is 0 Å². The molecule has 0 aliphatic heterocycles. The van der Waals surface area contributed by atoms with Gasteiger partial charge in [0, 0.05) is 25.5 Å². The third kappa shape index (κ3) is 3.12. The lowest BCUT2D eigenvalue weighted by Crippen LogP contribution is -2.42. The molecular formula is C14H19N3O2. The molecule has 0 unspecified atom stereocenters. The SMILES string of the molecule is CCN(CC(C)(C)O)C(=O)c1cn2ccccc2n1. The molecule has 0 atom stereocenters. The summed E-state index contributed by atoms with van der Waals surface area (Å²) in [4.78, 5) is 18.3. The van der Waals surface area contributed by atoms with Crippen LogP contribution in [-0.4, -0.2) is 44.0 Å². The summed E-state index contributed by atoms with van der Waals surface area (Å²) in [5, 5.41) is 9.84. The molecule has 5 nitrogen and oxygen atoms in total. The van der Waals surface area contributed by atoms with Gasteiger partial charge in [0.1, 0.15) is 11.3 Å². The van der Waals surface area contributed by atoms with Gasteiger partial charge in [-0.05, 0) is 32.9 Å². The fourth-order valence-electron chi connectivity index (χ4n) is 1.99. The molecule has 2 heterocycles. The number of hydrogen-bond donors (Lipinski definition) is 1. The Morgan fingerprint density at radius 1 is 1.47 bits per heavy atom. The highest BCUT2D eigenvalue weighted by molar-refractivity contribution is 5.93. The molecule has 102 valence electrons. The third-order valence-corrected chi connectivity index (χ3v) is 2.83. The highest BCUT2D eigenvalue weighted by atomic mass is 16.3. The van der Waals surface area contributed by atoms with Gasteiger partial charge >= 0.3 is 0 Å². The molecule has 0 bridgehead atoms. The lowest BCUT2D eigenvalue weighted by molar-refractivity contribution is 0.0312. The minimum atomic E-state index is -0.912. The van der Waals surface area contributed by atoms with Crippen LogP contribution < -0.4 is 0 Å². The number of imidazole rings is 1. The minimum Gasteiger partial charge on any atom is -0.389 e. The van der Waals surface area contributed by atoms with Crippen LogP contribution in [0.1, 0.15) is 31.3 Å². The van der Waals surface area contributed by atoms with E-state index in [-0.39, 0.29) is 12.5 Å². The molecule has 0 aliphatic carbocycles. The summed E-state index contributed by atoms with van der Waals surface area (Å²) in [5.41, 5.74) is 0.229. The molecule has 1 amide bonds. The summed E-state index contributed by atoms with van der Waals surface area (Å²) in [6.45, 7) is 6.09. The smallest absolute Gasteiger partial charge is 0.274 e. The first-order valence-electron chi connectivity index (χ1n) is 6.36. The number of carbonyl (C=O) groups is 1. The van der Waals surface area contributed by atoms with Gasteiger partial charge in [-0.1, -0.05) is 6.07 Å². The number of fused-ring (bicyclic) bond motifs is 1. The number of amides is 1. The quantitative estimate of drug-likeness (QED) is 0.908. The van der Waals surface area contributed by atoms with E-state index in [9.17, 15) is 9.90 Å². The van der Waals surface area contributed by atoms with Crippen LogP contribution in [0.5, 0.6) is 0 Å². The molecule has 2 rings (SSSR count). The maximum absolute atomic E-state index is 12.4. The Labute approximate surface area is 112 Å². The van der Waals surface area contributed by atoms with Crippen molar-refractivity contribution in [1.29, 1.82) is 0 Å². The molecule has 0 aliphatic rings. The molecule has 19 heavy (non-hydrogen) atoms. The summed E-state index contributed by atoms with van der Waals surface area (Å²) >= 11 is 0. The van der Waals surface area contributed by atoms with Gasteiger partial charge in [-0.2, -0.15) is 0 Å². The van der Waals surface area contributed by atoms with Gasteiger partial charge in [0.25, 0.3) is 5.91 Å². The van der Waals surface area contributed by atoms with Crippen LogP contribution in [-0.2, 0) is 0 Å². The number of pyridine rings is 1. The zero-order valence-corrected chi connectivity index (χ0v) is 11.5. The lowest BCUT2D eigenvalue weighted by Gasteiger charge is -2.27. The predicted molar refractivity (Wildman–Crippen MR) is 73.1 cm³/mol. The first kappa shape index (κ1) is 13.5. The van der Waals surface area contributed by atoms with Crippen LogP contribution in [0.3, 0.4) is 0 Å². The van der Waals surface area contributed by atoms with E-state index in [4.69, 9.17) is 0 Å². The second-order valence-corrected chi connectivity index (χ2v) is 5.22. The number of hydrogen-bond acceptors (Lipinski definition) is 3. The van der Waals surface area contributed by atoms with Crippen LogP contribution in [0.2, 0.25) is 0 Å². The van der Waals surface area contributed by atoms with Crippen molar-refractivity contribution in [3.63, 3.8) is 0 Å². The Morgan fingerprint density at radius 2 is 2.21 bits per heavy atom. The summed E-state index contributed by atoms with van der Waals surface area (Å²) in [7, 11) is 0. The van der Waals surface area contributed by atoms with Crippen molar-refractivity contribution in [2.75, 3.05) is 13.1 Å². The van der Waals surface area contributed by atoms with Crippen molar-refractivity contribution in [3.8, 4) is 0 Å². The second kappa shape index (κ2) is 5.01. The average molecular weight is 261 g/mol. The summed E-state index contributed by atoms with van der Waals surface area (Å²) in [6.07, 6.45) is 3.57. The van der Waals surface area contributed by atoms with E-state index in [0.29, 0.717) is 12.2 Å². The maximum atomic E-state index is 12.4. The number of nitrogens with zero attached hydrogens (tertiary/aromatic N) is 3. The predicted octanol–water partition coefficient (Wildman–Crippen LogP) is 1.57. The number of carbonyl (C=O) groups excluding carboxylic acids is 1. The summed E-state index contributed by atoms with van der Waals surface area (Å²) < 4.78 is 1.81. The molecule has 0 radical (unpaired) electrons. The molecular weight excluding hydrogens is 242 g/mol. The van der Waals surface area contributed by atoms with Crippen molar-refractivity contribution in [2.24, 2.45) is 0 Å². The molecule has 0 spiro atoms. The van der Waals surface area contributed by atoms with Crippen LogP contribution in [0.4, 0.5) is 0 Å². The molecule has 2 aromatic rings. The Morgan fingerprint density at radius 3 is 2.79 bits per heavy atom. The standard InChI is InChI=1S/C14H19N3O2/c1-4-16(10-14(2,3)19)13(18)11-9-17-8-6-5-7-12(17)15-11/h5-9,19H,4,10H2,1-3H3. The van der Waals surface area contributed by atoms with Gasteiger partial charge in [0.05, 0.1) is 5.60 Å². The van der Waals surface area contributed by atoms with Crippen molar-refractivity contribution in [1.82, 2.24) is 14.3 Å². The molecule has 2 aromatic heterocycles. The van der Waals surface area contributed by atoms with Crippen molar-refractivity contribution in [3.05, 3.63) is 36.3 Å². The molecule has 5 heteroatoms. The Bertz CT molecular complexity index is 551. The normalized spacial score (nSPS) is 11.8. The number of likely N-dealkylation sites (N-methyl/N-ethyl adjacent to an activating group) is 1. The van der Waals surface area contributed by atoms with Crippen molar-refractivity contribution < 1.29 is 9.90 Å². The van der Waals surface area contributed by atoms with E-state index in [2.05, 4.69) is 4.98 Å². The largest absolute Gasteiger partial charge is 0.389 e. The summed E-state index contributed by atoms with van der Waals surface area (Å²) in [5.74, 6) is -0.159. The minimum absolute atomic E-state index is 0.159. The topological polar surface area (TPSA) is 57.8 Å². The second-order valence-electron chi connectivity index (χ2n) is 5.22. The Hall–Kier alpha value is -1.88. The van der Waals surface area contributed by atoms with Crippen LogP contribution in [0.15, 0.2) is 30.6 Å². The van der Waals surface area contributed by atoms with E-state index in [1.54, 1.807) is 24.9 Å². The fraction of sp³-hybridized carbons (Fsp3) is 0.429. The number of aliphatic hydroxyl groups is 1. The monoisotopic (exact) mass is 261 g/mol. The zero-order valence-electron chi connectivity index (χ0n) is 11.5. The summed E-state index contributed by atoms with van der Waals surface area (Å²) in [6, 6.07) is 5.62. The Balaban J connectivity index is 2.26. The zero-order chi connectivity index (χ0) is 14.0.